The van der Waals surface area contributed by atoms with Crippen LogP contribution in [0, 0.1) is 0 Å². The molecule has 0 fully saturated rings. The van der Waals surface area contributed by atoms with Crippen LogP contribution >= 0.6 is 7.82 Å². The largest absolute Gasteiger partial charge is 0.518 e. The molecule has 0 radical (unpaired) electrons. The quantitative estimate of drug-likeness (QED) is 0.165. The van der Waals surface area contributed by atoms with Gasteiger partial charge in [0.1, 0.15) is 6.54 Å². The zero-order valence-corrected chi connectivity index (χ0v) is 12.6. The van der Waals surface area contributed by atoms with Crippen molar-refractivity contribution in [3.05, 3.63) is 12.7 Å². The van der Waals surface area contributed by atoms with Crippen molar-refractivity contribution in [3.63, 3.8) is 0 Å². The van der Waals surface area contributed by atoms with Crippen molar-refractivity contribution in [2.45, 2.75) is 19.8 Å². The van der Waals surface area contributed by atoms with E-state index in [1.165, 1.54) is 0 Å². The fraction of sp³-hybridized carbons (Fsp3) is 0.727. The maximum atomic E-state index is 11.6. The number of hydroxylamine groups is 3. The molecule has 1 N–H and O–H groups in total. The molecule has 0 aromatic heterocycles. The first-order valence-corrected chi connectivity index (χ1v) is 7.53. The van der Waals surface area contributed by atoms with Gasteiger partial charge in [0.05, 0.1) is 27.3 Å². The van der Waals surface area contributed by atoms with Gasteiger partial charge in [-0.05, 0) is 6.42 Å². The molecule has 0 saturated heterocycles. The van der Waals surface area contributed by atoms with E-state index >= 15 is 0 Å². The molecule has 0 bridgehead atoms. The second-order valence-electron chi connectivity index (χ2n) is 4.41. The van der Waals surface area contributed by atoms with Crippen LogP contribution in [-0.2, 0) is 23.2 Å². The van der Waals surface area contributed by atoms with Crippen molar-refractivity contribution < 1.29 is 32.8 Å². The van der Waals surface area contributed by atoms with E-state index in [0.29, 0.717) is 19.4 Å². The minimum absolute atomic E-state index is 0.157. The highest BCUT2D eigenvalue weighted by Gasteiger charge is 2.33. The summed E-state index contributed by atoms with van der Waals surface area (Å²) in [5.41, 5.74) is 0. The fourth-order valence-electron chi connectivity index (χ4n) is 1.23. The molecule has 0 aliphatic heterocycles. The number of quaternary nitrogens is 1. The highest BCUT2D eigenvalue weighted by atomic mass is 31.2. The Hall–Kier alpha value is -0.720. The predicted octanol–water partition coefficient (Wildman–Crippen LogP) is 1.64. The number of rotatable bonds is 10. The number of hydrogen-bond donors (Lipinski definition) is 1. The van der Waals surface area contributed by atoms with E-state index in [2.05, 4.69) is 6.58 Å². The zero-order valence-electron chi connectivity index (χ0n) is 11.7. The minimum Gasteiger partial charge on any atom is -0.462 e. The lowest BCUT2D eigenvalue weighted by Crippen LogP contribution is -2.40. The van der Waals surface area contributed by atoms with Crippen molar-refractivity contribution in [3.8, 4) is 0 Å². The van der Waals surface area contributed by atoms with Gasteiger partial charge >= 0.3 is 13.8 Å². The van der Waals surface area contributed by atoms with Crippen LogP contribution in [0.3, 0.4) is 0 Å². The zero-order chi connectivity index (χ0) is 14.9. The maximum absolute atomic E-state index is 11.6. The summed E-state index contributed by atoms with van der Waals surface area (Å²) >= 11 is 0. The third-order valence-corrected chi connectivity index (χ3v) is 3.19. The molecule has 0 aliphatic carbocycles. The van der Waals surface area contributed by atoms with Crippen LogP contribution < -0.4 is 0 Å². The average molecular weight is 296 g/mol. The predicted molar refractivity (Wildman–Crippen MR) is 69.9 cm³/mol. The lowest BCUT2D eigenvalue weighted by atomic mass is 10.4. The summed E-state index contributed by atoms with van der Waals surface area (Å²) in [5.74, 6) is -0.495. The topological polar surface area (TPSA) is 82.1 Å². The van der Waals surface area contributed by atoms with Gasteiger partial charge < -0.3 is 4.74 Å². The Kier molecular flexibility index (Phi) is 8.13. The van der Waals surface area contributed by atoms with Crippen LogP contribution in [0.2, 0.25) is 0 Å². The number of carbonyl (C=O) groups is 1. The Morgan fingerprint density at radius 2 is 2.05 bits per heavy atom. The van der Waals surface area contributed by atoms with E-state index in [4.69, 9.17) is 13.9 Å². The van der Waals surface area contributed by atoms with E-state index in [0.717, 1.165) is 6.08 Å². The van der Waals surface area contributed by atoms with Gasteiger partial charge in [0.15, 0.2) is 0 Å². The van der Waals surface area contributed by atoms with Gasteiger partial charge in [-0.25, -0.2) is 9.36 Å². The van der Waals surface area contributed by atoms with Crippen LogP contribution in [0.4, 0.5) is 0 Å². The van der Waals surface area contributed by atoms with Crippen molar-refractivity contribution in [1.29, 1.82) is 0 Å². The Morgan fingerprint density at radius 1 is 1.42 bits per heavy atom. The molecule has 1 atom stereocenters. The number of phosphoric acid groups is 1. The number of ether oxygens (including phenoxy) is 1. The van der Waals surface area contributed by atoms with Crippen LogP contribution in [0.1, 0.15) is 19.8 Å². The van der Waals surface area contributed by atoms with E-state index in [9.17, 15) is 14.3 Å². The molecule has 0 heterocycles. The van der Waals surface area contributed by atoms with Gasteiger partial charge in [0.2, 0.25) is 0 Å². The second kappa shape index (κ2) is 8.45. The highest BCUT2D eigenvalue weighted by Crippen LogP contribution is 2.45. The fourth-order valence-corrected chi connectivity index (χ4v) is 2.33. The molecule has 1 unspecified atom stereocenters. The van der Waals surface area contributed by atoms with E-state index in [1.807, 2.05) is 6.92 Å². The molecule has 0 aromatic carbocycles. The third-order valence-electron chi connectivity index (χ3n) is 2.03. The first-order valence-electron chi connectivity index (χ1n) is 6.03. The molecular formula is C11H23NO6P+. The van der Waals surface area contributed by atoms with Crippen molar-refractivity contribution >= 4 is 13.8 Å². The molecule has 0 spiro atoms. The van der Waals surface area contributed by atoms with E-state index in [-0.39, 0.29) is 17.9 Å². The van der Waals surface area contributed by atoms with Crippen molar-refractivity contribution in [2.24, 2.45) is 0 Å². The summed E-state index contributed by atoms with van der Waals surface area (Å²) in [6.07, 6.45) is 2.19. The van der Waals surface area contributed by atoms with Crippen molar-refractivity contribution in [1.82, 2.24) is 0 Å². The van der Waals surface area contributed by atoms with Crippen LogP contribution in [-0.4, -0.2) is 49.4 Å². The molecule has 0 rings (SSSR count). The molecule has 0 aromatic rings. The number of phosphoric ester groups is 1. The first-order chi connectivity index (χ1) is 8.72. The Morgan fingerprint density at radius 3 is 2.58 bits per heavy atom. The Balaban J connectivity index is 4.06. The first kappa shape index (κ1) is 18.3. The SMILES string of the molecule is C=CC(=O)OCCC[N+](C)(C)OP(=O)(O)OCCC. The monoisotopic (exact) mass is 296 g/mol. The number of hydrogen-bond acceptors (Lipinski definition) is 5. The van der Waals surface area contributed by atoms with Gasteiger partial charge in [-0.3, -0.25) is 9.42 Å². The molecule has 0 aliphatic rings. The third kappa shape index (κ3) is 9.81. The van der Waals surface area contributed by atoms with Gasteiger partial charge in [-0.15, -0.1) is 0 Å². The smallest absolute Gasteiger partial charge is 0.462 e. The van der Waals surface area contributed by atoms with Gasteiger partial charge in [0, 0.05) is 12.5 Å². The Bertz CT molecular complexity index is 344. The summed E-state index contributed by atoms with van der Waals surface area (Å²) in [4.78, 5) is 20.3. The summed E-state index contributed by atoms with van der Waals surface area (Å²) < 4.78 is 26.0. The standard InChI is InChI=1S/C11H22NO6P/c1-5-9-17-19(14,15)18-12(3,4)8-7-10-16-11(13)6-2/h6H,2,5,7-10H2,1,3-4H3/p+1. The lowest BCUT2D eigenvalue weighted by Gasteiger charge is -2.27. The molecule has 0 saturated carbocycles. The molecule has 7 nitrogen and oxygen atoms in total. The summed E-state index contributed by atoms with van der Waals surface area (Å²) in [5, 5.41) is 0. The summed E-state index contributed by atoms with van der Waals surface area (Å²) in [6.45, 7) is 5.85. The van der Waals surface area contributed by atoms with Gasteiger partial charge in [-0.1, -0.05) is 18.1 Å². The van der Waals surface area contributed by atoms with Gasteiger partial charge in [-0.2, -0.15) is 4.65 Å². The summed E-state index contributed by atoms with van der Waals surface area (Å²) in [6, 6.07) is 0. The van der Waals surface area contributed by atoms with E-state index in [1.54, 1.807) is 14.1 Å². The minimum atomic E-state index is -4.06. The van der Waals surface area contributed by atoms with Crippen LogP contribution in [0.25, 0.3) is 0 Å². The summed E-state index contributed by atoms with van der Waals surface area (Å²) in [7, 11) is -0.819. The van der Waals surface area contributed by atoms with Crippen LogP contribution in [0.5, 0.6) is 0 Å². The molecule has 19 heavy (non-hydrogen) atoms. The molecule has 0 amide bonds. The lowest BCUT2D eigenvalue weighted by molar-refractivity contribution is -1.05. The normalized spacial score (nSPS) is 14.7. The molecule has 8 heteroatoms. The Labute approximate surface area is 113 Å². The number of nitrogens with zero attached hydrogens (tertiary/aromatic N) is 1. The van der Waals surface area contributed by atoms with Gasteiger partial charge in [0.25, 0.3) is 0 Å². The van der Waals surface area contributed by atoms with E-state index < -0.39 is 13.8 Å². The van der Waals surface area contributed by atoms with Crippen LogP contribution in [0.15, 0.2) is 12.7 Å². The number of esters is 1. The number of carbonyl (C=O) groups excluding carboxylic acids is 1. The van der Waals surface area contributed by atoms with Crippen molar-refractivity contribution in [2.75, 3.05) is 33.9 Å². The molecule has 112 valence electrons. The maximum Gasteiger partial charge on any atom is 0.518 e. The highest BCUT2D eigenvalue weighted by molar-refractivity contribution is 7.47. The second-order valence-corrected chi connectivity index (χ2v) is 5.76. The molecular weight excluding hydrogens is 273 g/mol. The average Bonchev–Trinajstić information content (AvgIpc) is 2.30.